The van der Waals surface area contributed by atoms with Crippen molar-refractivity contribution in [3.63, 3.8) is 0 Å². The van der Waals surface area contributed by atoms with Crippen molar-refractivity contribution in [1.82, 2.24) is 4.90 Å². The van der Waals surface area contributed by atoms with Gasteiger partial charge in [-0.25, -0.2) is 8.42 Å². The minimum Gasteiger partial charge on any atom is -0.336 e. The van der Waals surface area contributed by atoms with E-state index in [1.165, 1.54) is 4.90 Å². The number of aryl methyl sites for hydroxylation is 2. The number of benzene rings is 1. The maximum absolute atomic E-state index is 12.2. The Balaban J connectivity index is 1.87. The number of nitrogens with zero attached hydrogens (tertiary/aromatic N) is 1. The second-order valence-corrected chi connectivity index (χ2v) is 8.82. The van der Waals surface area contributed by atoms with Gasteiger partial charge >= 0.3 is 0 Å². The topological polar surface area (TPSA) is 83.6 Å². The fourth-order valence-corrected chi connectivity index (χ4v) is 4.66. The first-order valence-electron chi connectivity index (χ1n) is 7.98. The zero-order chi connectivity index (χ0) is 17.9. The standard InChI is InChI=1S/C17H24N2O4S/c1-12-4-5-13(2)15(8-12)18-16(20)10-19(3)17(21)9-14-6-7-24(22,23)11-14/h4-5,8,14H,6-7,9-11H2,1-3H3,(H,18,20)/t14-/m1/s1. The monoisotopic (exact) mass is 352 g/mol. The summed E-state index contributed by atoms with van der Waals surface area (Å²) in [5, 5.41) is 2.81. The summed E-state index contributed by atoms with van der Waals surface area (Å²) in [6, 6.07) is 5.79. The van der Waals surface area contributed by atoms with Crippen LogP contribution in [0.2, 0.25) is 0 Å². The van der Waals surface area contributed by atoms with E-state index in [-0.39, 0.29) is 42.2 Å². The quantitative estimate of drug-likeness (QED) is 0.871. The van der Waals surface area contributed by atoms with Gasteiger partial charge in [0.1, 0.15) is 0 Å². The summed E-state index contributed by atoms with van der Waals surface area (Å²) >= 11 is 0. The molecular weight excluding hydrogens is 328 g/mol. The highest BCUT2D eigenvalue weighted by molar-refractivity contribution is 7.91. The highest BCUT2D eigenvalue weighted by Gasteiger charge is 2.30. The van der Waals surface area contributed by atoms with Crippen molar-refractivity contribution in [1.29, 1.82) is 0 Å². The normalized spacial score (nSPS) is 19.0. The largest absolute Gasteiger partial charge is 0.336 e. The molecule has 0 saturated carbocycles. The fraction of sp³-hybridized carbons (Fsp3) is 0.529. The highest BCUT2D eigenvalue weighted by Crippen LogP contribution is 2.22. The van der Waals surface area contributed by atoms with Gasteiger partial charge in [-0.2, -0.15) is 0 Å². The van der Waals surface area contributed by atoms with Crippen LogP contribution in [0.3, 0.4) is 0 Å². The summed E-state index contributed by atoms with van der Waals surface area (Å²) in [7, 11) is -1.43. The van der Waals surface area contributed by atoms with Crippen molar-refractivity contribution in [2.45, 2.75) is 26.7 Å². The fourth-order valence-electron chi connectivity index (χ4n) is 2.80. The van der Waals surface area contributed by atoms with Crippen LogP contribution < -0.4 is 5.32 Å². The lowest BCUT2D eigenvalue weighted by Gasteiger charge is -2.19. The van der Waals surface area contributed by atoms with Gasteiger partial charge in [0.15, 0.2) is 9.84 Å². The Labute approximate surface area is 143 Å². The SMILES string of the molecule is Cc1ccc(C)c(NC(=O)CN(C)C(=O)C[C@H]2CCS(=O)(=O)C2)c1. The minimum absolute atomic E-state index is 0.0499. The van der Waals surface area contributed by atoms with Crippen LogP contribution in [0.5, 0.6) is 0 Å². The van der Waals surface area contributed by atoms with Crippen molar-refractivity contribution in [2.75, 3.05) is 30.4 Å². The van der Waals surface area contributed by atoms with E-state index >= 15 is 0 Å². The average Bonchev–Trinajstić information content (AvgIpc) is 2.81. The number of hydrogen-bond acceptors (Lipinski definition) is 4. The number of likely N-dealkylation sites (N-methyl/N-ethyl adjacent to an activating group) is 1. The van der Waals surface area contributed by atoms with Gasteiger partial charge in [0, 0.05) is 19.2 Å². The molecule has 2 amide bonds. The molecule has 2 rings (SSSR count). The first kappa shape index (κ1) is 18.4. The number of hydrogen-bond donors (Lipinski definition) is 1. The number of amides is 2. The predicted octanol–water partition coefficient (Wildman–Crippen LogP) is 1.53. The van der Waals surface area contributed by atoms with Gasteiger partial charge in [-0.15, -0.1) is 0 Å². The lowest BCUT2D eigenvalue weighted by molar-refractivity contribution is -0.134. The zero-order valence-electron chi connectivity index (χ0n) is 14.3. The van der Waals surface area contributed by atoms with Crippen molar-refractivity contribution in [3.8, 4) is 0 Å². The van der Waals surface area contributed by atoms with Gasteiger partial charge in [-0.3, -0.25) is 9.59 Å². The second-order valence-electron chi connectivity index (χ2n) is 6.59. The van der Waals surface area contributed by atoms with E-state index in [9.17, 15) is 18.0 Å². The molecule has 0 aromatic heterocycles. The average molecular weight is 352 g/mol. The van der Waals surface area contributed by atoms with Crippen LogP contribution in [0, 0.1) is 19.8 Å². The van der Waals surface area contributed by atoms with Crippen molar-refractivity contribution < 1.29 is 18.0 Å². The van der Waals surface area contributed by atoms with E-state index < -0.39 is 9.84 Å². The molecule has 0 bridgehead atoms. The van der Waals surface area contributed by atoms with Crippen molar-refractivity contribution >= 4 is 27.3 Å². The summed E-state index contributed by atoms with van der Waals surface area (Å²) in [4.78, 5) is 25.7. The number of carbonyl (C=O) groups is 2. The molecule has 24 heavy (non-hydrogen) atoms. The third kappa shape index (κ3) is 5.06. The molecule has 1 saturated heterocycles. The lowest BCUT2D eigenvalue weighted by Crippen LogP contribution is -2.36. The molecule has 1 aromatic rings. The molecular formula is C17H24N2O4S. The molecule has 132 valence electrons. The Morgan fingerprint density at radius 1 is 1.29 bits per heavy atom. The predicted molar refractivity (Wildman–Crippen MR) is 93.6 cm³/mol. The third-order valence-corrected chi connectivity index (χ3v) is 6.10. The molecule has 1 aliphatic rings. The molecule has 6 nitrogen and oxygen atoms in total. The smallest absolute Gasteiger partial charge is 0.243 e. The molecule has 0 spiro atoms. The molecule has 1 atom stereocenters. The molecule has 1 aromatic carbocycles. The first-order valence-corrected chi connectivity index (χ1v) is 9.80. The molecule has 1 fully saturated rings. The van der Waals surface area contributed by atoms with Gasteiger partial charge in [0.25, 0.3) is 0 Å². The van der Waals surface area contributed by atoms with Gasteiger partial charge in [-0.05, 0) is 43.4 Å². The van der Waals surface area contributed by atoms with Crippen LogP contribution in [0.15, 0.2) is 18.2 Å². The van der Waals surface area contributed by atoms with E-state index in [1.54, 1.807) is 7.05 Å². The lowest BCUT2D eigenvalue weighted by atomic mass is 10.0. The van der Waals surface area contributed by atoms with Crippen LogP contribution >= 0.6 is 0 Å². The summed E-state index contributed by atoms with van der Waals surface area (Å²) < 4.78 is 22.9. The van der Waals surface area contributed by atoms with E-state index in [2.05, 4.69) is 5.32 Å². The Morgan fingerprint density at radius 3 is 2.62 bits per heavy atom. The van der Waals surface area contributed by atoms with Crippen molar-refractivity contribution in [2.24, 2.45) is 5.92 Å². The zero-order valence-corrected chi connectivity index (χ0v) is 15.1. The first-order chi connectivity index (χ1) is 11.2. The van der Waals surface area contributed by atoms with Crippen molar-refractivity contribution in [3.05, 3.63) is 29.3 Å². The molecule has 0 aliphatic carbocycles. The summed E-state index contributed by atoms with van der Waals surface area (Å²) in [6.07, 6.45) is 0.697. The summed E-state index contributed by atoms with van der Waals surface area (Å²) in [6.45, 7) is 3.80. The molecule has 1 aliphatic heterocycles. The van der Waals surface area contributed by atoms with Gasteiger partial charge in [-0.1, -0.05) is 12.1 Å². The maximum atomic E-state index is 12.2. The van der Waals surface area contributed by atoms with E-state index in [0.717, 1.165) is 16.8 Å². The number of sulfone groups is 1. The van der Waals surface area contributed by atoms with Gasteiger partial charge in [0.05, 0.1) is 18.1 Å². The van der Waals surface area contributed by atoms with Gasteiger partial charge in [0.2, 0.25) is 11.8 Å². The Kier molecular flexibility index (Phi) is 5.64. The van der Waals surface area contributed by atoms with E-state index in [4.69, 9.17) is 0 Å². The molecule has 0 radical (unpaired) electrons. The number of nitrogens with one attached hydrogen (secondary N) is 1. The van der Waals surface area contributed by atoms with Crippen LogP contribution in [0.25, 0.3) is 0 Å². The summed E-state index contributed by atoms with van der Waals surface area (Å²) in [5.74, 6) is -0.373. The maximum Gasteiger partial charge on any atom is 0.243 e. The van der Waals surface area contributed by atoms with Gasteiger partial charge < -0.3 is 10.2 Å². The molecule has 1 heterocycles. The Hall–Kier alpha value is -1.89. The summed E-state index contributed by atoms with van der Waals surface area (Å²) in [5.41, 5.74) is 2.74. The Morgan fingerprint density at radius 2 is 2.00 bits per heavy atom. The van der Waals surface area contributed by atoms with Crippen LogP contribution in [0.1, 0.15) is 24.0 Å². The number of anilines is 1. The molecule has 7 heteroatoms. The third-order valence-electron chi connectivity index (χ3n) is 4.26. The van der Waals surface area contributed by atoms with Crippen LogP contribution in [0.4, 0.5) is 5.69 Å². The van der Waals surface area contributed by atoms with E-state index in [0.29, 0.717) is 6.42 Å². The number of rotatable bonds is 5. The minimum atomic E-state index is -2.99. The van der Waals surface area contributed by atoms with Crippen LogP contribution in [-0.4, -0.2) is 50.2 Å². The Bertz CT molecular complexity index is 743. The molecule has 1 N–H and O–H groups in total. The van der Waals surface area contributed by atoms with Crippen LogP contribution in [-0.2, 0) is 19.4 Å². The number of carbonyl (C=O) groups excluding carboxylic acids is 2. The van der Waals surface area contributed by atoms with E-state index in [1.807, 2.05) is 32.0 Å². The highest BCUT2D eigenvalue weighted by atomic mass is 32.2. The molecule has 0 unspecified atom stereocenters. The second kappa shape index (κ2) is 7.34.